The van der Waals surface area contributed by atoms with Crippen molar-refractivity contribution in [3.05, 3.63) is 24.1 Å². The lowest BCUT2D eigenvalue weighted by molar-refractivity contribution is 0.0256. The predicted octanol–water partition coefficient (Wildman–Crippen LogP) is 1.84. The summed E-state index contributed by atoms with van der Waals surface area (Å²) in [6, 6.07) is 4.86. The fraction of sp³-hybridized carbons (Fsp3) is 0.545. The minimum Gasteiger partial charge on any atom is -0.377 e. The van der Waals surface area contributed by atoms with Crippen molar-refractivity contribution in [1.29, 1.82) is 0 Å². The summed E-state index contributed by atoms with van der Waals surface area (Å²) in [7, 11) is 1.71. The number of aromatic nitrogens is 1. The molecule has 0 N–H and O–H groups in total. The second-order valence-electron chi connectivity index (χ2n) is 4.14. The lowest BCUT2D eigenvalue weighted by atomic mass is 10.1. The third-order valence-corrected chi connectivity index (χ3v) is 2.95. The number of ether oxygens (including phenoxy) is 1. The van der Waals surface area contributed by atoms with Gasteiger partial charge in [-0.3, -0.25) is 0 Å². The maximum absolute atomic E-state index is 12.9. The van der Waals surface area contributed by atoms with Crippen molar-refractivity contribution in [2.45, 2.75) is 18.9 Å². The maximum Gasteiger partial charge on any atom is 0.214 e. The zero-order chi connectivity index (χ0) is 10.9. The van der Waals surface area contributed by atoms with Gasteiger partial charge in [-0.1, -0.05) is 6.07 Å². The van der Waals surface area contributed by atoms with Crippen LogP contribution in [0.4, 0.5) is 10.2 Å². The molecule has 4 heteroatoms. The Morgan fingerprint density at radius 1 is 1.53 bits per heavy atom. The van der Waals surface area contributed by atoms with Gasteiger partial charge in [-0.2, -0.15) is 4.39 Å². The second-order valence-corrected chi connectivity index (χ2v) is 4.14. The molecule has 0 aliphatic carbocycles. The van der Waals surface area contributed by atoms with Gasteiger partial charge in [-0.15, -0.1) is 0 Å². The second kappa shape index (κ2) is 3.77. The van der Waals surface area contributed by atoms with E-state index >= 15 is 0 Å². The van der Waals surface area contributed by atoms with Crippen molar-refractivity contribution in [2.75, 3.05) is 25.1 Å². The number of hydrogen-bond acceptors (Lipinski definition) is 3. The number of rotatable bonds is 2. The molecule has 82 valence electrons. The van der Waals surface area contributed by atoms with Gasteiger partial charge in [0, 0.05) is 20.2 Å². The zero-order valence-corrected chi connectivity index (χ0v) is 9.03. The molecule has 0 radical (unpaired) electrons. The molecule has 1 fully saturated rings. The van der Waals surface area contributed by atoms with Crippen LogP contribution in [0.3, 0.4) is 0 Å². The first-order valence-corrected chi connectivity index (χ1v) is 5.06. The Bertz CT molecular complexity index is 358. The highest BCUT2D eigenvalue weighted by Gasteiger charge is 2.34. The topological polar surface area (TPSA) is 25.4 Å². The van der Waals surface area contributed by atoms with Gasteiger partial charge in [-0.25, -0.2) is 4.98 Å². The van der Waals surface area contributed by atoms with Crippen molar-refractivity contribution in [1.82, 2.24) is 4.98 Å². The van der Waals surface area contributed by atoms with E-state index in [1.807, 2.05) is 11.0 Å². The Morgan fingerprint density at radius 3 is 2.93 bits per heavy atom. The number of nitrogens with zero attached hydrogens (tertiary/aromatic N) is 2. The molecule has 15 heavy (non-hydrogen) atoms. The Kier molecular flexibility index (Phi) is 2.61. The lowest BCUT2D eigenvalue weighted by Crippen LogP contribution is -2.32. The first kappa shape index (κ1) is 10.4. The Hall–Kier alpha value is -1.16. The van der Waals surface area contributed by atoms with Gasteiger partial charge in [0.1, 0.15) is 5.82 Å². The molecule has 1 aliphatic heterocycles. The van der Waals surface area contributed by atoms with Crippen molar-refractivity contribution in [3.8, 4) is 0 Å². The van der Waals surface area contributed by atoms with Gasteiger partial charge in [-0.05, 0) is 25.5 Å². The minimum absolute atomic E-state index is 0.131. The van der Waals surface area contributed by atoms with E-state index in [9.17, 15) is 4.39 Å². The number of halogens is 1. The molecule has 0 spiro atoms. The van der Waals surface area contributed by atoms with Gasteiger partial charge in [0.05, 0.1) is 5.60 Å². The molecule has 3 nitrogen and oxygen atoms in total. The van der Waals surface area contributed by atoms with Crippen LogP contribution < -0.4 is 4.90 Å². The normalized spacial score (nSPS) is 25.9. The average Bonchev–Trinajstić information content (AvgIpc) is 2.62. The highest BCUT2D eigenvalue weighted by molar-refractivity contribution is 5.40. The van der Waals surface area contributed by atoms with Gasteiger partial charge >= 0.3 is 0 Å². The molecule has 0 aromatic carbocycles. The van der Waals surface area contributed by atoms with Crippen LogP contribution in [0.1, 0.15) is 13.3 Å². The summed E-state index contributed by atoms with van der Waals surface area (Å²) in [4.78, 5) is 5.91. The molecule has 1 aliphatic rings. The van der Waals surface area contributed by atoms with E-state index in [1.165, 1.54) is 6.07 Å². The van der Waals surface area contributed by atoms with Crippen molar-refractivity contribution in [2.24, 2.45) is 0 Å². The zero-order valence-electron chi connectivity index (χ0n) is 9.03. The van der Waals surface area contributed by atoms with Crippen LogP contribution in [0.5, 0.6) is 0 Å². The fourth-order valence-corrected chi connectivity index (χ4v) is 1.87. The largest absolute Gasteiger partial charge is 0.377 e. The summed E-state index contributed by atoms with van der Waals surface area (Å²) < 4.78 is 18.3. The Labute approximate surface area is 88.9 Å². The van der Waals surface area contributed by atoms with Crippen LogP contribution >= 0.6 is 0 Å². The number of hydrogen-bond donors (Lipinski definition) is 0. The summed E-state index contributed by atoms with van der Waals surface area (Å²) in [5.74, 6) is 0.259. The van der Waals surface area contributed by atoms with Gasteiger partial charge < -0.3 is 9.64 Å². The van der Waals surface area contributed by atoms with Crippen LogP contribution in [0.15, 0.2) is 18.2 Å². The van der Waals surface area contributed by atoms with E-state index in [4.69, 9.17) is 4.74 Å². The highest BCUT2D eigenvalue weighted by Crippen LogP contribution is 2.27. The number of anilines is 1. The van der Waals surface area contributed by atoms with E-state index in [1.54, 1.807) is 13.2 Å². The molecule has 2 rings (SSSR count). The minimum atomic E-state index is -0.432. The predicted molar refractivity (Wildman–Crippen MR) is 56.4 cm³/mol. The summed E-state index contributed by atoms with van der Waals surface area (Å²) in [5, 5.41) is 0. The monoisotopic (exact) mass is 210 g/mol. The van der Waals surface area contributed by atoms with E-state index in [2.05, 4.69) is 11.9 Å². The Balaban J connectivity index is 2.14. The lowest BCUT2D eigenvalue weighted by Gasteiger charge is -2.23. The summed E-state index contributed by atoms with van der Waals surface area (Å²) >= 11 is 0. The first-order chi connectivity index (χ1) is 7.13. The number of pyridine rings is 1. The van der Waals surface area contributed by atoms with Gasteiger partial charge in [0.15, 0.2) is 0 Å². The highest BCUT2D eigenvalue weighted by atomic mass is 19.1. The molecule has 1 atom stereocenters. The van der Waals surface area contributed by atoms with E-state index in [0.717, 1.165) is 19.5 Å². The van der Waals surface area contributed by atoms with Crippen LogP contribution in [0, 0.1) is 5.95 Å². The molecule has 1 aromatic rings. The molecule has 1 unspecified atom stereocenters. The quantitative estimate of drug-likeness (QED) is 0.696. The average molecular weight is 210 g/mol. The van der Waals surface area contributed by atoms with Crippen molar-refractivity contribution in [3.63, 3.8) is 0 Å². The first-order valence-electron chi connectivity index (χ1n) is 5.06. The molecule has 0 bridgehead atoms. The van der Waals surface area contributed by atoms with Crippen LogP contribution in [-0.2, 0) is 4.74 Å². The summed E-state index contributed by atoms with van der Waals surface area (Å²) in [5.41, 5.74) is -0.131. The standard InChI is InChI=1S/C11H15FN2O/c1-11(15-2)6-7-14(8-11)10-5-3-4-9(12)13-10/h3-5H,6-8H2,1-2H3. The molecule has 0 saturated carbocycles. The molecule has 1 saturated heterocycles. The summed E-state index contributed by atoms with van der Waals surface area (Å²) in [6.07, 6.45) is 0.946. The molecule has 2 heterocycles. The van der Waals surface area contributed by atoms with Crippen LogP contribution in [0.2, 0.25) is 0 Å². The molecule has 0 amide bonds. The molecular weight excluding hydrogens is 195 g/mol. The van der Waals surface area contributed by atoms with E-state index in [-0.39, 0.29) is 5.60 Å². The van der Waals surface area contributed by atoms with Gasteiger partial charge in [0.2, 0.25) is 5.95 Å². The maximum atomic E-state index is 12.9. The van der Waals surface area contributed by atoms with Crippen LogP contribution in [-0.4, -0.2) is 30.8 Å². The third-order valence-electron chi connectivity index (χ3n) is 2.95. The van der Waals surface area contributed by atoms with E-state index < -0.39 is 5.95 Å². The third kappa shape index (κ3) is 2.09. The van der Waals surface area contributed by atoms with E-state index in [0.29, 0.717) is 5.82 Å². The van der Waals surface area contributed by atoms with Crippen molar-refractivity contribution >= 4 is 5.82 Å². The SMILES string of the molecule is COC1(C)CCN(c2cccc(F)n2)C1. The fourth-order valence-electron chi connectivity index (χ4n) is 1.87. The molecule has 1 aromatic heterocycles. The van der Waals surface area contributed by atoms with Gasteiger partial charge in [0.25, 0.3) is 0 Å². The Morgan fingerprint density at radius 2 is 2.33 bits per heavy atom. The van der Waals surface area contributed by atoms with Crippen LogP contribution in [0.25, 0.3) is 0 Å². The van der Waals surface area contributed by atoms with Crippen molar-refractivity contribution < 1.29 is 9.13 Å². The smallest absolute Gasteiger partial charge is 0.214 e. The number of methoxy groups -OCH3 is 1. The molecular formula is C11H15FN2O. The summed E-state index contributed by atoms with van der Waals surface area (Å²) in [6.45, 7) is 3.69.